The van der Waals surface area contributed by atoms with Crippen LogP contribution in [-0.2, 0) is 6.54 Å². The van der Waals surface area contributed by atoms with Gasteiger partial charge in [0.05, 0.1) is 0 Å². The van der Waals surface area contributed by atoms with E-state index < -0.39 is 0 Å². The first-order valence-corrected chi connectivity index (χ1v) is 10.3. The molecule has 1 aliphatic rings. The number of nitrogens with zero attached hydrogens (tertiary/aromatic N) is 2. The number of halogens is 1. The number of fused-ring (bicyclic) bond motifs is 2. The molecule has 1 heterocycles. The zero-order chi connectivity index (χ0) is 18.9. The Kier molecular flexibility index (Phi) is 4.67. The van der Waals surface area contributed by atoms with Crippen molar-refractivity contribution in [3.8, 4) is 0 Å². The van der Waals surface area contributed by atoms with Gasteiger partial charge < -0.3 is 4.90 Å². The van der Waals surface area contributed by atoms with E-state index in [9.17, 15) is 0 Å². The molecule has 28 heavy (non-hydrogen) atoms. The van der Waals surface area contributed by atoms with Gasteiger partial charge >= 0.3 is 0 Å². The average Bonchev–Trinajstić information content (AvgIpc) is 2.75. The van der Waals surface area contributed by atoms with Crippen LogP contribution in [0.3, 0.4) is 0 Å². The van der Waals surface area contributed by atoms with Crippen molar-refractivity contribution in [2.24, 2.45) is 0 Å². The molecule has 140 valence electrons. The lowest BCUT2D eigenvalue weighted by atomic mass is 9.96. The van der Waals surface area contributed by atoms with Crippen LogP contribution in [0.25, 0.3) is 21.5 Å². The quantitative estimate of drug-likeness (QED) is 0.400. The van der Waals surface area contributed by atoms with Crippen LogP contribution in [0.1, 0.15) is 5.56 Å². The molecule has 0 aromatic heterocycles. The number of hydrogen-bond donors (Lipinski definition) is 0. The van der Waals surface area contributed by atoms with Crippen molar-refractivity contribution in [1.29, 1.82) is 0 Å². The number of anilines is 1. The van der Waals surface area contributed by atoms with Crippen molar-refractivity contribution in [3.05, 3.63) is 89.4 Å². The summed E-state index contributed by atoms with van der Waals surface area (Å²) in [6.07, 6.45) is 0. The normalized spacial score (nSPS) is 15.4. The van der Waals surface area contributed by atoms with Crippen molar-refractivity contribution < 1.29 is 0 Å². The lowest BCUT2D eigenvalue weighted by Gasteiger charge is -2.36. The van der Waals surface area contributed by atoms with Gasteiger partial charge in [-0.1, -0.05) is 60.1 Å². The third kappa shape index (κ3) is 3.34. The summed E-state index contributed by atoms with van der Waals surface area (Å²) in [6, 6.07) is 28.1. The Morgan fingerprint density at radius 2 is 1.25 bits per heavy atom. The first-order chi connectivity index (χ1) is 13.8. The van der Waals surface area contributed by atoms with Gasteiger partial charge in [0.1, 0.15) is 0 Å². The molecule has 0 N–H and O–H groups in total. The van der Waals surface area contributed by atoms with E-state index in [4.69, 9.17) is 11.6 Å². The van der Waals surface area contributed by atoms with Crippen LogP contribution in [-0.4, -0.2) is 31.1 Å². The zero-order valence-corrected chi connectivity index (χ0v) is 16.6. The number of hydrogen-bond acceptors (Lipinski definition) is 2. The van der Waals surface area contributed by atoms with Gasteiger partial charge in [-0.15, -0.1) is 0 Å². The molecule has 0 saturated carbocycles. The number of benzene rings is 4. The van der Waals surface area contributed by atoms with E-state index in [1.165, 1.54) is 32.8 Å². The molecule has 4 aromatic rings. The van der Waals surface area contributed by atoms with E-state index in [0.29, 0.717) is 0 Å². The smallest absolute Gasteiger partial charge is 0.0407 e. The fraction of sp³-hybridized carbons (Fsp3) is 0.200. The Morgan fingerprint density at radius 3 is 1.86 bits per heavy atom. The summed E-state index contributed by atoms with van der Waals surface area (Å²) in [5.41, 5.74) is 2.72. The predicted octanol–water partition coefficient (Wildman–Crippen LogP) is 5.97. The van der Waals surface area contributed by atoms with Crippen LogP contribution >= 0.6 is 11.6 Å². The third-order valence-corrected chi connectivity index (χ3v) is 6.08. The average molecular weight is 387 g/mol. The van der Waals surface area contributed by atoms with E-state index in [2.05, 4.69) is 76.5 Å². The summed E-state index contributed by atoms with van der Waals surface area (Å²) in [5, 5.41) is 6.21. The molecule has 1 saturated heterocycles. The minimum absolute atomic E-state index is 0.796. The fourth-order valence-electron chi connectivity index (χ4n) is 4.32. The molecule has 3 heteroatoms. The third-order valence-electron chi connectivity index (χ3n) is 5.83. The van der Waals surface area contributed by atoms with Crippen molar-refractivity contribution in [1.82, 2.24) is 4.90 Å². The van der Waals surface area contributed by atoms with Gasteiger partial charge in [-0.25, -0.2) is 0 Å². The summed E-state index contributed by atoms with van der Waals surface area (Å²) < 4.78 is 0. The monoisotopic (exact) mass is 386 g/mol. The molecule has 1 fully saturated rings. The van der Waals surface area contributed by atoms with Crippen molar-refractivity contribution >= 4 is 38.8 Å². The summed E-state index contributed by atoms with van der Waals surface area (Å²) in [7, 11) is 0. The second-order valence-electron chi connectivity index (χ2n) is 7.54. The van der Waals surface area contributed by atoms with E-state index in [-0.39, 0.29) is 0 Å². The lowest BCUT2D eigenvalue weighted by Crippen LogP contribution is -2.46. The van der Waals surface area contributed by atoms with E-state index in [1.54, 1.807) is 0 Å². The standard InChI is InChI=1S/C25H23ClN2/c26-21-9-11-22(12-10-21)28-15-13-27(14-16-28)18-25-23-7-3-1-5-19(23)17-20-6-2-4-8-24(20)25/h1-12,17H,13-16,18H2. The second-order valence-corrected chi connectivity index (χ2v) is 7.97. The molecule has 1 aliphatic heterocycles. The highest BCUT2D eigenvalue weighted by Gasteiger charge is 2.19. The summed E-state index contributed by atoms with van der Waals surface area (Å²) >= 11 is 6.03. The Bertz CT molecular complexity index is 1060. The summed E-state index contributed by atoms with van der Waals surface area (Å²) in [5.74, 6) is 0. The van der Waals surface area contributed by atoms with Crippen molar-refractivity contribution in [2.75, 3.05) is 31.1 Å². The maximum atomic E-state index is 6.03. The molecule has 0 radical (unpaired) electrons. The van der Waals surface area contributed by atoms with Crippen LogP contribution < -0.4 is 4.90 Å². The second kappa shape index (κ2) is 7.46. The number of rotatable bonds is 3. The van der Waals surface area contributed by atoms with Crippen LogP contribution in [0.15, 0.2) is 78.9 Å². The molecule has 0 unspecified atom stereocenters. The Morgan fingerprint density at radius 1 is 0.679 bits per heavy atom. The minimum atomic E-state index is 0.796. The van der Waals surface area contributed by atoms with Gasteiger partial charge in [-0.05, 0) is 57.4 Å². The maximum absolute atomic E-state index is 6.03. The van der Waals surface area contributed by atoms with Crippen LogP contribution in [0, 0.1) is 0 Å². The Hall–Kier alpha value is -2.55. The highest BCUT2D eigenvalue weighted by Crippen LogP contribution is 2.30. The Labute approximate surface area is 170 Å². The van der Waals surface area contributed by atoms with Gasteiger partial charge in [-0.3, -0.25) is 4.90 Å². The molecule has 5 rings (SSSR count). The summed E-state index contributed by atoms with van der Waals surface area (Å²) in [6.45, 7) is 5.23. The van der Waals surface area contributed by atoms with Gasteiger partial charge in [0.2, 0.25) is 0 Å². The molecule has 0 amide bonds. The SMILES string of the molecule is Clc1ccc(N2CCN(Cc3c4ccccc4cc4ccccc34)CC2)cc1. The first kappa shape index (κ1) is 17.5. The largest absolute Gasteiger partial charge is 0.369 e. The highest BCUT2D eigenvalue weighted by atomic mass is 35.5. The van der Waals surface area contributed by atoms with Gasteiger partial charge in [0, 0.05) is 43.4 Å². The molecular formula is C25H23ClN2. The predicted molar refractivity (Wildman–Crippen MR) is 120 cm³/mol. The van der Waals surface area contributed by atoms with Crippen molar-refractivity contribution in [3.63, 3.8) is 0 Å². The molecule has 0 bridgehead atoms. The molecule has 0 aliphatic carbocycles. The Balaban J connectivity index is 1.40. The van der Waals surface area contributed by atoms with Crippen molar-refractivity contribution in [2.45, 2.75) is 6.54 Å². The van der Waals surface area contributed by atoms with Gasteiger partial charge in [-0.2, -0.15) is 0 Å². The topological polar surface area (TPSA) is 6.48 Å². The van der Waals surface area contributed by atoms with Gasteiger partial charge in [0.15, 0.2) is 0 Å². The molecular weight excluding hydrogens is 364 g/mol. The zero-order valence-electron chi connectivity index (χ0n) is 15.8. The number of piperazine rings is 1. The van der Waals surface area contributed by atoms with Gasteiger partial charge in [0.25, 0.3) is 0 Å². The molecule has 0 atom stereocenters. The van der Waals surface area contributed by atoms with Crippen LogP contribution in [0.5, 0.6) is 0 Å². The highest BCUT2D eigenvalue weighted by molar-refractivity contribution is 6.30. The lowest BCUT2D eigenvalue weighted by molar-refractivity contribution is 0.251. The van der Waals surface area contributed by atoms with Crippen LogP contribution in [0.4, 0.5) is 5.69 Å². The van der Waals surface area contributed by atoms with Crippen LogP contribution in [0.2, 0.25) is 5.02 Å². The van der Waals surface area contributed by atoms with E-state index in [0.717, 1.165) is 37.7 Å². The maximum Gasteiger partial charge on any atom is 0.0407 e. The van der Waals surface area contributed by atoms with E-state index >= 15 is 0 Å². The minimum Gasteiger partial charge on any atom is -0.369 e. The molecule has 0 spiro atoms. The molecule has 2 nitrogen and oxygen atoms in total. The van der Waals surface area contributed by atoms with E-state index in [1.807, 2.05) is 12.1 Å². The molecule has 4 aromatic carbocycles. The first-order valence-electron chi connectivity index (χ1n) is 9.90. The summed E-state index contributed by atoms with van der Waals surface area (Å²) in [4.78, 5) is 5.04. The fourth-order valence-corrected chi connectivity index (χ4v) is 4.44.